The highest BCUT2D eigenvalue weighted by Gasteiger charge is 2.15. The Morgan fingerprint density at radius 2 is 1.96 bits per heavy atom. The molecule has 2 aromatic heterocycles. The molecular formula is C20H21ClN6O. The van der Waals surface area contributed by atoms with E-state index in [9.17, 15) is 5.11 Å². The molecule has 0 bridgehead atoms. The second-order valence-electron chi connectivity index (χ2n) is 6.75. The number of halogens is 1. The predicted molar refractivity (Wildman–Crippen MR) is 108 cm³/mol. The molecule has 2 heterocycles. The van der Waals surface area contributed by atoms with E-state index in [-0.39, 0.29) is 6.61 Å². The lowest BCUT2D eigenvalue weighted by Crippen LogP contribution is -2.09. The second-order valence-corrected chi connectivity index (χ2v) is 7.10. The van der Waals surface area contributed by atoms with Crippen LogP contribution in [0.15, 0.2) is 36.4 Å². The number of aryl methyl sites for hydroxylation is 1. The lowest BCUT2D eigenvalue weighted by atomic mass is 10.0. The van der Waals surface area contributed by atoms with Crippen molar-refractivity contribution in [2.45, 2.75) is 39.3 Å². The third-order valence-corrected chi connectivity index (χ3v) is 5.16. The minimum Gasteiger partial charge on any atom is -0.390 e. The molecule has 2 aromatic carbocycles. The van der Waals surface area contributed by atoms with E-state index in [0.717, 1.165) is 47.0 Å². The Kier molecular flexibility index (Phi) is 5.36. The molecule has 0 unspecified atom stereocenters. The Morgan fingerprint density at radius 3 is 2.71 bits per heavy atom. The number of hydrogen-bond acceptors (Lipinski definition) is 5. The molecule has 0 aliphatic carbocycles. The largest absolute Gasteiger partial charge is 0.390 e. The third-order valence-electron chi connectivity index (χ3n) is 4.86. The molecule has 0 saturated heterocycles. The van der Waals surface area contributed by atoms with Gasteiger partial charge in [-0.15, -0.1) is 10.2 Å². The summed E-state index contributed by atoms with van der Waals surface area (Å²) in [5.74, 6) is 1.50. The van der Waals surface area contributed by atoms with E-state index in [1.165, 1.54) is 0 Å². The summed E-state index contributed by atoms with van der Waals surface area (Å²) in [6.45, 7) is 2.64. The third kappa shape index (κ3) is 3.63. The lowest BCUT2D eigenvalue weighted by Gasteiger charge is -2.12. The average molecular weight is 397 g/mol. The van der Waals surface area contributed by atoms with E-state index in [2.05, 4.69) is 56.8 Å². The smallest absolute Gasteiger partial charge is 0.204 e. The number of aromatic nitrogens is 6. The predicted octanol–water partition coefficient (Wildman–Crippen LogP) is 3.75. The maximum atomic E-state index is 9.74. The fourth-order valence-corrected chi connectivity index (χ4v) is 3.63. The summed E-state index contributed by atoms with van der Waals surface area (Å²) in [7, 11) is 0. The number of nitrogens with zero attached hydrogens (tertiary/aromatic N) is 5. The number of H-pyrrole nitrogens is 1. The molecule has 28 heavy (non-hydrogen) atoms. The molecular weight excluding hydrogens is 376 g/mol. The van der Waals surface area contributed by atoms with E-state index in [4.69, 9.17) is 11.6 Å². The fourth-order valence-electron chi connectivity index (χ4n) is 3.37. The van der Waals surface area contributed by atoms with Crippen LogP contribution in [0.2, 0.25) is 5.15 Å². The molecule has 144 valence electrons. The van der Waals surface area contributed by atoms with Gasteiger partial charge in [-0.25, -0.2) is 4.98 Å². The quantitative estimate of drug-likeness (QED) is 0.496. The molecule has 2 N–H and O–H groups in total. The first kappa shape index (κ1) is 18.6. The minimum absolute atomic E-state index is 0.125. The van der Waals surface area contributed by atoms with Crippen molar-refractivity contribution in [1.29, 1.82) is 0 Å². The van der Waals surface area contributed by atoms with Gasteiger partial charge in [-0.05, 0) is 40.1 Å². The van der Waals surface area contributed by atoms with Crippen LogP contribution in [0.5, 0.6) is 0 Å². The summed E-state index contributed by atoms with van der Waals surface area (Å²) in [6, 6.07) is 12.4. The van der Waals surface area contributed by atoms with Crippen molar-refractivity contribution >= 4 is 22.4 Å². The number of hydrogen-bond donors (Lipinski definition) is 2. The van der Waals surface area contributed by atoms with E-state index < -0.39 is 0 Å². The number of imidazole rings is 1. The number of unbranched alkanes of at least 4 members (excludes halogenated alkanes) is 1. The minimum atomic E-state index is -0.125. The SMILES string of the molecule is CCCCc1nc(Cl)c(CO)n1Cc1ccc2cc(-c3nn[nH]n3)ccc2c1. The van der Waals surface area contributed by atoms with Crippen molar-refractivity contribution < 1.29 is 5.11 Å². The monoisotopic (exact) mass is 396 g/mol. The van der Waals surface area contributed by atoms with Crippen molar-refractivity contribution in [1.82, 2.24) is 30.2 Å². The normalized spacial score (nSPS) is 11.4. The molecule has 7 nitrogen and oxygen atoms in total. The van der Waals surface area contributed by atoms with Crippen LogP contribution in [0.3, 0.4) is 0 Å². The van der Waals surface area contributed by atoms with Gasteiger partial charge in [0.1, 0.15) is 5.82 Å². The molecule has 0 amide bonds. The summed E-state index contributed by atoms with van der Waals surface area (Å²) in [6.07, 6.45) is 2.96. The summed E-state index contributed by atoms with van der Waals surface area (Å²) < 4.78 is 2.03. The zero-order valence-corrected chi connectivity index (χ0v) is 16.3. The number of rotatable bonds is 7. The Morgan fingerprint density at radius 1 is 1.14 bits per heavy atom. The highest BCUT2D eigenvalue weighted by Crippen LogP contribution is 2.25. The molecule has 8 heteroatoms. The zero-order chi connectivity index (χ0) is 19.5. The summed E-state index contributed by atoms with van der Waals surface area (Å²) >= 11 is 6.25. The van der Waals surface area contributed by atoms with E-state index in [1.54, 1.807) is 0 Å². The van der Waals surface area contributed by atoms with Crippen molar-refractivity contribution in [3.63, 3.8) is 0 Å². The number of aliphatic hydroxyl groups is 1. The molecule has 0 spiro atoms. The topological polar surface area (TPSA) is 92.5 Å². The van der Waals surface area contributed by atoms with Gasteiger partial charge in [0, 0.05) is 18.5 Å². The number of benzene rings is 2. The number of aliphatic hydroxyl groups excluding tert-OH is 1. The Bertz CT molecular complexity index is 1090. The van der Waals surface area contributed by atoms with Gasteiger partial charge in [0.25, 0.3) is 0 Å². The van der Waals surface area contributed by atoms with Crippen LogP contribution in [0.1, 0.15) is 36.8 Å². The molecule has 0 aliphatic heterocycles. The Labute approximate surface area is 167 Å². The van der Waals surface area contributed by atoms with Crippen LogP contribution in [-0.4, -0.2) is 35.3 Å². The van der Waals surface area contributed by atoms with Gasteiger partial charge in [0.05, 0.1) is 12.3 Å². The highest BCUT2D eigenvalue weighted by atomic mass is 35.5. The number of aromatic amines is 1. The number of fused-ring (bicyclic) bond motifs is 1. The van der Waals surface area contributed by atoms with Crippen LogP contribution in [0.25, 0.3) is 22.2 Å². The van der Waals surface area contributed by atoms with Gasteiger partial charge in [0.15, 0.2) is 5.15 Å². The van der Waals surface area contributed by atoms with Crippen molar-refractivity contribution in [2.75, 3.05) is 0 Å². The lowest BCUT2D eigenvalue weighted by molar-refractivity contribution is 0.271. The van der Waals surface area contributed by atoms with Crippen LogP contribution < -0.4 is 0 Å². The summed E-state index contributed by atoms with van der Waals surface area (Å²) in [5.41, 5.74) is 2.71. The maximum Gasteiger partial charge on any atom is 0.204 e. The van der Waals surface area contributed by atoms with Gasteiger partial charge >= 0.3 is 0 Å². The van der Waals surface area contributed by atoms with Gasteiger partial charge in [-0.2, -0.15) is 5.21 Å². The van der Waals surface area contributed by atoms with Crippen LogP contribution >= 0.6 is 11.6 Å². The first-order chi connectivity index (χ1) is 13.7. The van der Waals surface area contributed by atoms with Gasteiger partial charge < -0.3 is 9.67 Å². The molecule has 0 radical (unpaired) electrons. The standard InChI is InChI=1S/C20H21ClN6O/c1-2-3-4-18-22-19(21)17(12-28)27(18)11-13-5-6-15-10-16(8-7-14(15)9-13)20-23-25-26-24-20/h5-10,28H,2-4,11-12H2,1H3,(H,23,24,25,26). The van der Waals surface area contributed by atoms with E-state index in [1.807, 2.05) is 16.7 Å². The first-order valence-corrected chi connectivity index (χ1v) is 9.68. The Hall–Kier alpha value is -2.77. The van der Waals surface area contributed by atoms with Crippen LogP contribution in [0.4, 0.5) is 0 Å². The molecule has 0 aliphatic rings. The first-order valence-electron chi connectivity index (χ1n) is 9.30. The highest BCUT2D eigenvalue weighted by molar-refractivity contribution is 6.30. The molecule has 4 rings (SSSR count). The molecule has 0 fully saturated rings. The number of tetrazole rings is 1. The van der Waals surface area contributed by atoms with Crippen molar-refractivity contribution in [2.24, 2.45) is 0 Å². The van der Waals surface area contributed by atoms with E-state index in [0.29, 0.717) is 23.2 Å². The second kappa shape index (κ2) is 8.08. The summed E-state index contributed by atoms with van der Waals surface area (Å²) in [4.78, 5) is 4.46. The fraction of sp³-hybridized carbons (Fsp3) is 0.300. The summed E-state index contributed by atoms with van der Waals surface area (Å²) in [5, 5.41) is 26.5. The van der Waals surface area contributed by atoms with Gasteiger partial charge in [-0.1, -0.05) is 49.2 Å². The molecule has 4 aromatic rings. The van der Waals surface area contributed by atoms with Gasteiger partial charge in [0.2, 0.25) is 5.82 Å². The average Bonchev–Trinajstić information content (AvgIpc) is 3.34. The molecule has 0 atom stereocenters. The van der Waals surface area contributed by atoms with Crippen molar-refractivity contribution in [3.05, 3.63) is 58.6 Å². The number of nitrogens with one attached hydrogen (secondary N) is 1. The van der Waals surface area contributed by atoms with Gasteiger partial charge in [-0.3, -0.25) is 0 Å². The zero-order valence-electron chi connectivity index (χ0n) is 15.6. The van der Waals surface area contributed by atoms with E-state index >= 15 is 0 Å². The Balaban J connectivity index is 1.66. The molecule has 0 saturated carbocycles. The maximum absolute atomic E-state index is 9.74. The van der Waals surface area contributed by atoms with Crippen molar-refractivity contribution in [3.8, 4) is 11.4 Å². The van der Waals surface area contributed by atoms with Crippen LogP contribution in [0, 0.1) is 0 Å². The van der Waals surface area contributed by atoms with Crippen LogP contribution in [-0.2, 0) is 19.6 Å².